The Balaban J connectivity index is 2.01. The summed E-state index contributed by atoms with van der Waals surface area (Å²) in [5.41, 5.74) is 6.37. The summed E-state index contributed by atoms with van der Waals surface area (Å²) in [5.74, 6) is 0.892. The SMILES string of the molecule is CC1CCC(CN)(N2CCCOCC2)CC1. The molecule has 1 aliphatic carbocycles. The largest absolute Gasteiger partial charge is 0.380 e. The Kier molecular flexibility index (Phi) is 4.22. The van der Waals surface area contributed by atoms with Crippen LogP contribution in [0.25, 0.3) is 0 Å². The van der Waals surface area contributed by atoms with Crippen LogP contribution in [0.4, 0.5) is 0 Å². The summed E-state index contributed by atoms with van der Waals surface area (Å²) in [6.07, 6.45) is 6.41. The third kappa shape index (κ3) is 2.58. The fourth-order valence-electron chi connectivity index (χ4n) is 3.17. The highest BCUT2D eigenvalue weighted by Crippen LogP contribution is 2.36. The van der Waals surface area contributed by atoms with Gasteiger partial charge in [0, 0.05) is 31.8 Å². The van der Waals surface area contributed by atoms with Crippen molar-refractivity contribution in [1.29, 1.82) is 0 Å². The Labute approximate surface area is 99.3 Å². The van der Waals surface area contributed by atoms with E-state index in [1.807, 2.05) is 0 Å². The molecule has 0 spiro atoms. The van der Waals surface area contributed by atoms with Crippen molar-refractivity contribution in [2.24, 2.45) is 11.7 Å². The van der Waals surface area contributed by atoms with Gasteiger partial charge in [-0.3, -0.25) is 4.90 Å². The second kappa shape index (κ2) is 5.48. The highest BCUT2D eigenvalue weighted by molar-refractivity contribution is 4.95. The second-order valence-electron chi connectivity index (χ2n) is 5.56. The van der Waals surface area contributed by atoms with Gasteiger partial charge < -0.3 is 10.5 Å². The normalized spacial score (nSPS) is 38.2. The zero-order valence-electron chi connectivity index (χ0n) is 10.6. The van der Waals surface area contributed by atoms with Crippen LogP contribution in [0.2, 0.25) is 0 Å². The molecule has 0 radical (unpaired) electrons. The molecule has 1 saturated carbocycles. The van der Waals surface area contributed by atoms with Gasteiger partial charge in [0.15, 0.2) is 0 Å². The van der Waals surface area contributed by atoms with E-state index in [1.54, 1.807) is 0 Å². The first-order chi connectivity index (χ1) is 7.77. The third-order valence-electron chi connectivity index (χ3n) is 4.48. The maximum Gasteiger partial charge on any atom is 0.0593 e. The molecule has 0 atom stereocenters. The van der Waals surface area contributed by atoms with Gasteiger partial charge in [0.25, 0.3) is 0 Å². The van der Waals surface area contributed by atoms with E-state index in [0.717, 1.165) is 38.6 Å². The van der Waals surface area contributed by atoms with E-state index in [1.165, 1.54) is 32.2 Å². The summed E-state index contributed by atoms with van der Waals surface area (Å²) in [6, 6.07) is 0. The molecular formula is C13H26N2O. The topological polar surface area (TPSA) is 38.5 Å². The maximum absolute atomic E-state index is 6.08. The average Bonchev–Trinajstić information content (AvgIpc) is 2.60. The molecule has 0 unspecified atom stereocenters. The molecule has 94 valence electrons. The average molecular weight is 226 g/mol. The molecule has 1 heterocycles. The minimum Gasteiger partial charge on any atom is -0.380 e. The van der Waals surface area contributed by atoms with Crippen molar-refractivity contribution in [2.75, 3.05) is 32.8 Å². The molecule has 0 aromatic rings. The zero-order valence-corrected chi connectivity index (χ0v) is 10.6. The maximum atomic E-state index is 6.08. The van der Waals surface area contributed by atoms with Crippen LogP contribution in [0, 0.1) is 5.92 Å². The van der Waals surface area contributed by atoms with Crippen LogP contribution < -0.4 is 5.73 Å². The Bertz CT molecular complexity index is 204. The third-order valence-corrected chi connectivity index (χ3v) is 4.48. The number of hydrogen-bond donors (Lipinski definition) is 1. The summed E-state index contributed by atoms with van der Waals surface area (Å²) >= 11 is 0. The van der Waals surface area contributed by atoms with Crippen LogP contribution in [0.15, 0.2) is 0 Å². The van der Waals surface area contributed by atoms with Crippen molar-refractivity contribution in [3.63, 3.8) is 0 Å². The number of nitrogens with two attached hydrogens (primary N) is 1. The molecule has 3 heteroatoms. The molecule has 0 aromatic carbocycles. The fraction of sp³-hybridized carbons (Fsp3) is 1.00. The van der Waals surface area contributed by atoms with Gasteiger partial charge in [0.2, 0.25) is 0 Å². The fourth-order valence-corrected chi connectivity index (χ4v) is 3.17. The van der Waals surface area contributed by atoms with Crippen LogP contribution in [0.1, 0.15) is 39.0 Å². The van der Waals surface area contributed by atoms with Gasteiger partial charge >= 0.3 is 0 Å². The van der Waals surface area contributed by atoms with Gasteiger partial charge in [-0.15, -0.1) is 0 Å². The lowest BCUT2D eigenvalue weighted by Crippen LogP contribution is -2.56. The Morgan fingerprint density at radius 3 is 2.69 bits per heavy atom. The van der Waals surface area contributed by atoms with Crippen molar-refractivity contribution in [2.45, 2.75) is 44.6 Å². The standard InChI is InChI=1S/C13H26N2O/c1-12-3-5-13(11-14,6-4-12)15-7-2-9-16-10-8-15/h12H,2-11,14H2,1H3. The first-order valence-electron chi connectivity index (χ1n) is 6.80. The van der Waals surface area contributed by atoms with E-state index in [2.05, 4.69) is 11.8 Å². The number of rotatable bonds is 2. The van der Waals surface area contributed by atoms with Gasteiger partial charge in [-0.2, -0.15) is 0 Å². The predicted octanol–water partition coefficient (Wildman–Crippen LogP) is 1.62. The Morgan fingerprint density at radius 1 is 1.25 bits per heavy atom. The van der Waals surface area contributed by atoms with E-state index in [9.17, 15) is 0 Å². The highest BCUT2D eigenvalue weighted by atomic mass is 16.5. The highest BCUT2D eigenvalue weighted by Gasteiger charge is 2.38. The minimum absolute atomic E-state index is 0.292. The molecule has 0 amide bonds. The molecule has 2 aliphatic rings. The lowest BCUT2D eigenvalue weighted by Gasteiger charge is -2.47. The first kappa shape index (κ1) is 12.3. The van der Waals surface area contributed by atoms with Gasteiger partial charge in [0.1, 0.15) is 0 Å². The van der Waals surface area contributed by atoms with Gasteiger partial charge in [-0.1, -0.05) is 6.92 Å². The van der Waals surface area contributed by atoms with Crippen molar-refractivity contribution in [3.05, 3.63) is 0 Å². The van der Waals surface area contributed by atoms with E-state index in [0.29, 0.717) is 5.54 Å². The molecule has 0 bridgehead atoms. The molecule has 1 saturated heterocycles. The van der Waals surface area contributed by atoms with E-state index in [4.69, 9.17) is 10.5 Å². The molecule has 1 aliphatic heterocycles. The molecule has 2 rings (SSSR count). The second-order valence-corrected chi connectivity index (χ2v) is 5.56. The van der Waals surface area contributed by atoms with Crippen LogP contribution >= 0.6 is 0 Å². The predicted molar refractivity (Wildman–Crippen MR) is 66.4 cm³/mol. The molecule has 2 N–H and O–H groups in total. The van der Waals surface area contributed by atoms with Gasteiger partial charge in [-0.25, -0.2) is 0 Å². The summed E-state index contributed by atoms with van der Waals surface area (Å²) in [6.45, 7) is 7.24. The summed E-state index contributed by atoms with van der Waals surface area (Å²) < 4.78 is 5.54. The Hall–Kier alpha value is -0.120. The lowest BCUT2D eigenvalue weighted by molar-refractivity contribution is 0.0410. The molecule has 3 nitrogen and oxygen atoms in total. The van der Waals surface area contributed by atoms with Crippen molar-refractivity contribution < 1.29 is 4.74 Å². The van der Waals surface area contributed by atoms with Crippen LogP contribution in [0.3, 0.4) is 0 Å². The van der Waals surface area contributed by atoms with Gasteiger partial charge in [0.05, 0.1) is 6.61 Å². The summed E-state index contributed by atoms with van der Waals surface area (Å²) in [4.78, 5) is 2.62. The molecule has 2 fully saturated rings. The molecular weight excluding hydrogens is 200 g/mol. The van der Waals surface area contributed by atoms with Crippen molar-refractivity contribution in [1.82, 2.24) is 4.90 Å². The van der Waals surface area contributed by atoms with Crippen LogP contribution in [-0.2, 0) is 4.74 Å². The summed E-state index contributed by atoms with van der Waals surface area (Å²) in [7, 11) is 0. The van der Waals surface area contributed by atoms with E-state index in [-0.39, 0.29) is 0 Å². The van der Waals surface area contributed by atoms with Crippen LogP contribution in [-0.4, -0.2) is 43.3 Å². The number of hydrogen-bond acceptors (Lipinski definition) is 3. The Morgan fingerprint density at radius 2 is 2.00 bits per heavy atom. The zero-order chi connectivity index (χ0) is 11.4. The van der Waals surface area contributed by atoms with Gasteiger partial charge in [-0.05, 0) is 38.0 Å². The molecule has 16 heavy (non-hydrogen) atoms. The lowest BCUT2D eigenvalue weighted by atomic mass is 9.76. The summed E-state index contributed by atoms with van der Waals surface area (Å²) in [5, 5.41) is 0. The minimum atomic E-state index is 0.292. The van der Waals surface area contributed by atoms with Crippen molar-refractivity contribution in [3.8, 4) is 0 Å². The number of ether oxygens (including phenoxy) is 1. The first-order valence-corrected chi connectivity index (χ1v) is 6.80. The van der Waals surface area contributed by atoms with Crippen LogP contribution in [0.5, 0.6) is 0 Å². The monoisotopic (exact) mass is 226 g/mol. The smallest absolute Gasteiger partial charge is 0.0593 e. The number of nitrogens with zero attached hydrogens (tertiary/aromatic N) is 1. The quantitative estimate of drug-likeness (QED) is 0.777. The van der Waals surface area contributed by atoms with E-state index >= 15 is 0 Å². The molecule has 0 aromatic heterocycles. The van der Waals surface area contributed by atoms with Crippen molar-refractivity contribution >= 4 is 0 Å². The van der Waals surface area contributed by atoms with E-state index < -0.39 is 0 Å².